The van der Waals surface area contributed by atoms with Crippen molar-refractivity contribution in [2.24, 2.45) is 5.92 Å². The van der Waals surface area contributed by atoms with Crippen LogP contribution < -0.4 is 5.32 Å². The van der Waals surface area contributed by atoms with Crippen molar-refractivity contribution < 1.29 is 17.9 Å². The largest absolute Gasteiger partial charge is 0.379 e. The average Bonchev–Trinajstić information content (AvgIpc) is 3.19. The van der Waals surface area contributed by atoms with E-state index in [2.05, 4.69) is 10.2 Å². The molecular formula is C17H27N3O4S2. The summed E-state index contributed by atoms with van der Waals surface area (Å²) >= 11 is 1.25. The average molecular weight is 402 g/mol. The molecule has 3 rings (SSSR count). The van der Waals surface area contributed by atoms with E-state index in [1.165, 1.54) is 11.3 Å². The predicted molar refractivity (Wildman–Crippen MR) is 101 cm³/mol. The lowest BCUT2D eigenvalue weighted by atomic mass is 9.94. The molecule has 1 amide bonds. The zero-order valence-corrected chi connectivity index (χ0v) is 16.6. The Bertz CT molecular complexity index is 664. The Kier molecular flexibility index (Phi) is 7.05. The fraction of sp³-hybridized carbons (Fsp3) is 0.706. The van der Waals surface area contributed by atoms with Gasteiger partial charge in [0.1, 0.15) is 4.21 Å². The van der Waals surface area contributed by atoms with Gasteiger partial charge in [-0.05, 0) is 30.2 Å². The van der Waals surface area contributed by atoms with Crippen LogP contribution in [-0.4, -0.2) is 76.0 Å². The van der Waals surface area contributed by atoms with Crippen LogP contribution in [0.1, 0.15) is 19.3 Å². The van der Waals surface area contributed by atoms with Gasteiger partial charge in [-0.1, -0.05) is 6.07 Å². The van der Waals surface area contributed by atoms with Gasteiger partial charge in [-0.25, -0.2) is 8.42 Å². The number of nitrogens with one attached hydrogen (secondary N) is 1. The number of hydrogen-bond acceptors (Lipinski definition) is 6. The zero-order chi connectivity index (χ0) is 18.4. The minimum atomic E-state index is -3.36. The molecule has 9 heteroatoms. The summed E-state index contributed by atoms with van der Waals surface area (Å²) in [5, 5.41) is 4.77. The third-order valence-corrected chi connectivity index (χ3v) is 8.26. The van der Waals surface area contributed by atoms with E-state index in [0.29, 0.717) is 30.3 Å². The fourth-order valence-corrected chi connectivity index (χ4v) is 6.02. The topological polar surface area (TPSA) is 79.0 Å². The lowest BCUT2D eigenvalue weighted by Crippen LogP contribution is -2.42. The SMILES string of the molecule is O=C(CC1CCN(S(=O)(=O)c2cccs2)CC1)NCCN1CCOCC1. The van der Waals surface area contributed by atoms with Crippen LogP contribution in [0.15, 0.2) is 21.7 Å². The minimum absolute atomic E-state index is 0.0674. The molecule has 2 saturated heterocycles. The van der Waals surface area contributed by atoms with Crippen LogP contribution in [0.2, 0.25) is 0 Å². The predicted octanol–water partition coefficient (Wildman–Crippen LogP) is 0.987. The molecule has 0 spiro atoms. The molecule has 0 bridgehead atoms. The Morgan fingerprint density at radius 1 is 1.23 bits per heavy atom. The molecule has 146 valence electrons. The number of piperidine rings is 1. The maximum atomic E-state index is 12.5. The van der Waals surface area contributed by atoms with Gasteiger partial charge in [-0.3, -0.25) is 9.69 Å². The van der Waals surface area contributed by atoms with E-state index >= 15 is 0 Å². The van der Waals surface area contributed by atoms with Crippen LogP contribution in [0.4, 0.5) is 0 Å². The number of thiophene rings is 1. The van der Waals surface area contributed by atoms with Gasteiger partial charge in [0, 0.05) is 45.7 Å². The quantitative estimate of drug-likeness (QED) is 0.737. The van der Waals surface area contributed by atoms with Gasteiger partial charge in [0.25, 0.3) is 10.0 Å². The third kappa shape index (κ3) is 5.26. The van der Waals surface area contributed by atoms with Crippen LogP contribution in [-0.2, 0) is 19.6 Å². The van der Waals surface area contributed by atoms with E-state index in [4.69, 9.17) is 4.74 Å². The van der Waals surface area contributed by atoms with Crippen molar-refractivity contribution >= 4 is 27.3 Å². The molecule has 0 unspecified atom stereocenters. The molecule has 0 radical (unpaired) electrons. The van der Waals surface area contributed by atoms with Gasteiger partial charge in [0.2, 0.25) is 5.91 Å². The summed E-state index contributed by atoms with van der Waals surface area (Å²) in [6.07, 6.45) is 1.96. The number of nitrogens with zero attached hydrogens (tertiary/aromatic N) is 2. The molecule has 0 saturated carbocycles. The summed E-state index contributed by atoms with van der Waals surface area (Å²) in [7, 11) is -3.36. The summed E-state index contributed by atoms with van der Waals surface area (Å²) in [5.74, 6) is 0.325. The van der Waals surface area contributed by atoms with Crippen LogP contribution in [0.25, 0.3) is 0 Å². The first-order valence-electron chi connectivity index (χ1n) is 9.16. The highest BCUT2D eigenvalue weighted by Gasteiger charge is 2.30. The highest BCUT2D eigenvalue weighted by molar-refractivity contribution is 7.91. The third-order valence-electron chi connectivity index (χ3n) is 4.99. The zero-order valence-electron chi connectivity index (χ0n) is 14.9. The second kappa shape index (κ2) is 9.27. The summed E-state index contributed by atoms with van der Waals surface area (Å²) in [6, 6.07) is 3.40. The van der Waals surface area contributed by atoms with Crippen molar-refractivity contribution in [1.29, 1.82) is 0 Å². The van der Waals surface area contributed by atoms with E-state index in [-0.39, 0.29) is 11.8 Å². The van der Waals surface area contributed by atoms with Crippen LogP contribution in [0.3, 0.4) is 0 Å². The van der Waals surface area contributed by atoms with Crippen LogP contribution in [0, 0.1) is 5.92 Å². The summed E-state index contributed by atoms with van der Waals surface area (Å²) in [6.45, 7) is 5.87. The van der Waals surface area contributed by atoms with Crippen molar-refractivity contribution in [3.8, 4) is 0 Å². The van der Waals surface area contributed by atoms with E-state index in [0.717, 1.165) is 45.7 Å². The lowest BCUT2D eigenvalue weighted by Gasteiger charge is -2.30. The van der Waals surface area contributed by atoms with Gasteiger partial charge >= 0.3 is 0 Å². The number of rotatable bonds is 7. The van der Waals surface area contributed by atoms with Gasteiger partial charge in [-0.2, -0.15) is 4.31 Å². The smallest absolute Gasteiger partial charge is 0.252 e. The van der Waals surface area contributed by atoms with E-state index in [9.17, 15) is 13.2 Å². The Labute approximate surface area is 159 Å². The number of hydrogen-bond donors (Lipinski definition) is 1. The molecule has 7 nitrogen and oxygen atoms in total. The molecule has 0 atom stereocenters. The van der Waals surface area contributed by atoms with Crippen LogP contribution in [0.5, 0.6) is 0 Å². The van der Waals surface area contributed by atoms with Crippen molar-refractivity contribution in [3.05, 3.63) is 17.5 Å². The number of sulfonamides is 1. The Balaban J connectivity index is 1.36. The normalized spacial score (nSPS) is 20.9. The molecule has 2 aliphatic heterocycles. The van der Waals surface area contributed by atoms with E-state index < -0.39 is 10.0 Å². The monoisotopic (exact) mass is 401 g/mol. The number of morpholine rings is 1. The van der Waals surface area contributed by atoms with Gasteiger partial charge in [0.05, 0.1) is 13.2 Å². The molecular weight excluding hydrogens is 374 g/mol. The Morgan fingerprint density at radius 3 is 2.62 bits per heavy atom. The molecule has 1 aromatic heterocycles. The van der Waals surface area contributed by atoms with E-state index in [1.807, 2.05) is 0 Å². The van der Waals surface area contributed by atoms with Gasteiger partial charge in [0.15, 0.2) is 0 Å². The molecule has 26 heavy (non-hydrogen) atoms. The van der Waals surface area contributed by atoms with Crippen molar-refractivity contribution in [2.45, 2.75) is 23.5 Å². The number of amides is 1. The summed E-state index contributed by atoms with van der Waals surface area (Å²) in [4.78, 5) is 14.4. The van der Waals surface area contributed by atoms with Crippen molar-refractivity contribution in [3.63, 3.8) is 0 Å². The fourth-order valence-electron chi connectivity index (χ4n) is 3.40. The maximum absolute atomic E-state index is 12.5. The second-order valence-electron chi connectivity index (χ2n) is 6.79. The first kappa shape index (κ1) is 19.8. The highest BCUT2D eigenvalue weighted by atomic mass is 32.2. The first-order chi connectivity index (χ1) is 12.6. The molecule has 2 aliphatic rings. The second-order valence-corrected chi connectivity index (χ2v) is 9.90. The first-order valence-corrected chi connectivity index (χ1v) is 11.5. The highest BCUT2D eigenvalue weighted by Crippen LogP contribution is 2.27. The lowest BCUT2D eigenvalue weighted by molar-refractivity contribution is -0.122. The maximum Gasteiger partial charge on any atom is 0.252 e. The van der Waals surface area contributed by atoms with Crippen LogP contribution >= 0.6 is 11.3 Å². The molecule has 1 N–H and O–H groups in total. The summed E-state index contributed by atoms with van der Waals surface area (Å²) < 4.78 is 32.3. The molecule has 3 heterocycles. The number of carbonyl (C=O) groups excluding carboxylic acids is 1. The minimum Gasteiger partial charge on any atom is -0.379 e. The molecule has 2 fully saturated rings. The Hall–Kier alpha value is -1.00. The van der Waals surface area contributed by atoms with E-state index in [1.54, 1.807) is 21.8 Å². The number of ether oxygens (including phenoxy) is 1. The summed E-state index contributed by atoms with van der Waals surface area (Å²) in [5.41, 5.74) is 0. The molecule has 0 aliphatic carbocycles. The van der Waals surface area contributed by atoms with Crippen molar-refractivity contribution in [2.75, 3.05) is 52.5 Å². The van der Waals surface area contributed by atoms with Crippen molar-refractivity contribution in [1.82, 2.24) is 14.5 Å². The molecule has 0 aromatic carbocycles. The number of carbonyl (C=O) groups is 1. The van der Waals surface area contributed by atoms with Gasteiger partial charge in [-0.15, -0.1) is 11.3 Å². The van der Waals surface area contributed by atoms with Gasteiger partial charge < -0.3 is 10.1 Å². The Morgan fingerprint density at radius 2 is 1.96 bits per heavy atom. The molecule has 1 aromatic rings. The standard InChI is InChI=1S/C17H27N3O4S2/c21-16(18-5-8-19-9-11-24-12-10-19)14-15-3-6-20(7-4-15)26(22,23)17-2-1-13-25-17/h1-2,13,15H,3-12,14H2,(H,18,21).